The lowest BCUT2D eigenvalue weighted by atomic mass is 10.5. The monoisotopic (exact) mass is 166 g/mol. The van der Waals surface area contributed by atoms with Crippen LogP contribution in [0.1, 0.15) is 13.3 Å². The zero-order valence-corrected chi connectivity index (χ0v) is 6.36. The van der Waals surface area contributed by atoms with Crippen LogP contribution in [0.25, 0.3) is 0 Å². The number of halogens is 2. The van der Waals surface area contributed by atoms with E-state index in [0.717, 1.165) is 6.42 Å². The van der Waals surface area contributed by atoms with Crippen molar-refractivity contribution in [1.29, 1.82) is 0 Å². The molecule has 0 bridgehead atoms. The lowest BCUT2D eigenvalue weighted by molar-refractivity contribution is 0.146. The van der Waals surface area contributed by atoms with Gasteiger partial charge in [-0.2, -0.15) is 0 Å². The summed E-state index contributed by atoms with van der Waals surface area (Å²) in [4.78, 5) is 10.6. The first-order valence-corrected chi connectivity index (χ1v) is 3.46. The third kappa shape index (κ3) is 7.02. The van der Waals surface area contributed by atoms with E-state index in [1.807, 2.05) is 12.2 Å². The van der Waals surface area contributed by atoms with E-state index < -0.39 is 19.0 Å². The summed E-state index contributed by atoms with van der Waals surface area (Å²) in [5.41, 5.74) is 0. The molecule has 3 nitrogen and oxygen atoms in total. The largest absolute Gasteiger partial charge is 0.338 e. The normalized spacial score (nSPS) is 9.82. The van der Waals surface area contributed by atoms with Crippen LogP contribution in [0.2, 0.25) is 0 Å². The molecule has 0 aromatic heterocycles. The van der Waals surface area contributed by atoms with Gasteiger partial charge in [0.05, 0.1) is 6.54 Å². The van der Waals surface area contributed by atoms with Crippen molar-refractivity contribution in [3.8, 4) is 0 Å². The van der Waals surface area contributed by atoms with Crippen molar-refractivity contribution in [2.24, 2.45) is 0 Å². The summed E-state index contributed by atoms with van der Waals surface area (Å²) < 4.78 is 22.9. The third-order valence-electron chi connectivity index (χ3n) is 0.952. The number of hydrogen-bond donors (Lipinski definition) is 2. The molecule has 0 spiro atoms. The van der Waals surface area contributed by atoms with Gasteiger partial charge in [0.1, 0.15) is 0 Å². The van der Waals surface area contributed by atoms with Crippen LogP contribution in [0, 0.1) is 0 Å². The average molecular weight is 166 g/mol. The van der Waals surface area contributed by atoms with Crippen molar-refractivity contribution in [2.75, 3.05) is 13.1 Å². The summed E-state index contributed by atoms with van der Waals surface area (Å²) in [5, 5.41) is 4.42. The van der Waals surface area contributed by atoms with Crippen LogP contribution in [0.3, 0.4) is 0 Å². The molecular formula is C6H12F2N2O. The Morgan fingerprint density at radius 3 is 2.55 bits per heavy atom. The minimum atomic E-state index is -2.48. The van der Waals surface area contributed by atoms with Crippen LogP contribution in [-0.2, 0) is 0 Å². The van der Waals surface area contributed by atoms with Gasteiger partial charge in [-0.15, -0.1) is 0 Å². The van der Waals surface area contributed by atoms with Gasteiger partial charge in [-0.25, -0.2) is 13.6 Å². The lowest BCUT2D eigenvalue weighted by Gasteiger charge is -2.04. The Hall–Kier alpha value is -0.870. The molecule has 0 heterocycles. The molecule has 0 fully saturated rings. The Labute approximate surface area is 64.2 Å². The summed E-state index contributed by atoms with van der Waals surface area (Å²) in [5.74, 6) is 0. The van der Waals surface area contributed by atoms with Crippen LogP contribution in [0.15, 0.2) is 0 Å². The number of nitrogens with one attached hydrogen (secondary N) is 2. The maximum atomic E-state index is 11.5. The fourth-order valence-electron chi connectivity index (χ4n) is 0.471. The summed E-state index contributed by atoms with van der Waals surface area (Å²) in [6.45, 7) is 1.80. The molecule has 0 aliphatic rings. The minimum Gasteiger partial charge on any atom is -0.338 e. The number of alkyl halides is 2. The van der Waals surface area contributed by atoms with Gasteiger partial charge in [0.2, 0.25) is 0 Å². The number of amides is 2. The second-order valence-electron chi connectivity index (χ2n) is 2.03. The average Bonchev–Trinajstić information content (AvgIpc) is 1.97. The van der Waals surface area contributed by atoms with Crippen LogP contribution in [0.4, 0.5) is 13.6 Å². The zero-order chi connectivity index (χ0) is 8.69. The van der Waals surface area contributed by atoms with Crippen molar-refractivity contribution in [2.45, 2.75) is 19.8 Å². The number of carbonyl (C=O) groups is 1. The van der Waals surface area contributed by atoms with Crippen molar-refractivity contribution >= 4 is 6.03 Å². The molecule has 0 unspecified atom stereocenters. The highest BCUT2D eigenvalue weighted by Crippen LogP contribution is 1.86. The van der Waals surface area contributed by atoms with Crippen LogP contribution >= 0.6 is 0 Å². The van der Waals surface area contributed by atoms with Gasteiger partial charge in [0.15, 0.2) is 0 Å². The zero-order valence-electron chi connectivity index (χ0n) is 6.36. The second kappa shape index (κ2) is 5.88. The van der Waals surface area contributed by atoms with E-state index >= 15 is 0 Å². The first kappa shape index (κ1) is 10.1. The van der Waals surface area contributed by atoms with Gasteiger partial charge in [0, 0.05) is 6.54 Å². The van der Waals surface area contributed by atoms with Gasteiger partial charge in [-0.3, -0.25) is 0 Å². The highest BCUT2D eigenvalue weighted by molar-refractivity contribution is 5.73. The predicted octanol–water partition coefficient (Wildman–Crippen LogP) is 0.961. The molecule has 0 saturated heterocycles. The fraction of sp³-hybridized carbons (Fsp3) is 0.833. The van der Waals surface area contributed by atoms with Crippen molar-refractivity contribution in [3.63, 3.8) is 0 Å². The Morgan fingerprint density at radius 1 is 1.45 bits per heavy atom. The highest BCUT2D eigenvalue weighted by atomic mass is 19.3. The molecule has 0 aromatic carbocycles. The third-order valence-corrected chi connectivity index (χ3v) is 0.952. The SMILES string of the molecule is CCCNC(=O)NCC(F)F. The molecule has 66 valence electrons. The Balaban J connectivity index is 3.23. The van der Waals surface area contributed by atoms with Gasteiger partial charge < -0.3 is 10.6 Å². The molecule has 0 aromatic rings. The van der Waals surface area contributed by atoms with Crippen LogP contribution in [-0.4, -0.2) is 25.5 Å². The Kier molecular flexibility index (Phi) is 5.42. The first-order valence-electron chi connectivity index (χ1n) is 3.46. The molecule has 0 aliphatic heterocycles. The van der Waals surface area contributed by atoms with E-state index in [1.165, 1.54) is 0 Å². The Morgan fingerprint density at radius 2 is 2.09 bits per heavy atom. The topological polar surface area (TPSA) is 41.1 Å². The number of urea groups is 1. The van der Waals surface area contributed by atoms with Gasteiger partial charge in [0.25, 0.3) is 6.43 Å². The van der Waals surface area contributed by atoms with Gasteiger partial charge >= 0.3 is 6.03 Å². The molecule has 2 N–H and O–H groups in total. The summed E-state index contributed by atoms with van der Waals surface area (Å²) in [7, 11) is 0. The number of carbonyl (C=O) groups excluding carboxylic acids is 1. The minimum absolute atomic E-state index is 0.509. The van der Waals surface area contributed by atoms with E-state index in [0.29, 0.717) is 6.54 Å². The molecular weight excluding hydrogens is 154 g/mol. The number of rotatable bonds is 4. The quantitative estimate of drug-likeness (QED) is 0.641. The molecule has 11 heavy (non-hydrogen) atoms. The van der Waals surface area contributed by atoms with E-state index in [4.69, 9.17) is 0 Å². The Bertz CT molecular complexity index is 119. The summed E-state index contributed by atoms with van der Waals surface area (Å²) >= 11 is 0. The van der Waals surface area contributed by atoms with E-state index in [1.54, 1.807) is 0 Å². The van der Waals surface area contributed by atoms with Crippen molar-refractivity contribution in [1.82, 2.24) is 10.6 Å². The molecule has 0 rings (SSSR count). The molecule has 2 amide bonds. The highest BCUT2D eigenvalue weighted by Gasteiger charge is 2.03. The second-order valence-corrected chi connectivity index (χ2v) is 2.03. The molecule has 0 saturated carbocycles. The maximum Gasteiger partial charge on any atom is 0.314 e. The predicted molar refractivity (Wildman–Crippen MR) is 37.7 cm³/mol. The molecule has 0 atom stereocenters. The van der Waals surface area contributed by atoms with Gasteiger partial charge in [-0.1, -0.05) is 6.92 Å². The molecule has 0 aliphatic carbocycles. The van der Waals surface area contributed by atoms with Crippen molar-refractivity contribution in [3.05, 3.63) is 0 Å². The van der Waals surface area contributed by atoms with E-state index in [2.05, 4.69) is 5.32 Å². The fourth-order valence-corrected chi connectivity index (χ4v) is 0.471. The summed E-state index contributed by atoms with van der Waals surface area (Å²) in [6, 6.07) is -0.535. The van der Waals surface area contributed by atoms with Gasteiger partial charge in [-0.05, 0) is 6.42 Å². The standard InChI is InChI=1S/C6H12F2N2O/c1-2-3-9-6(11)10-4-5(7)8/h5H,2-4H2,1H3,(H2,9,10,11). The summed E-state index contributed by atoms with van der Waals surface area (Å²) in [6.07, 6.45) is -1.69. The maximum absolute atomic E-state index is 11.5. The van der Waals surface area contributed by atoms with E-state index in [9.17, 15) is 13.6 Å². The van der Waals surface area contributed by atoms with Crippen molar-refractivity contribution < 1.29 is 13.6 Å². The van der Waals surface area contributed by atoms with Crippen LogP contribution < -0.4 is 10.6 Å². The number of hydrogen-bond acceptors (Lipinski definition) is 1. The molecule has 0 radical (unpaired) electrons. The first-order chi connectivity index (χ1) is 5.16. The van der Waals surface area contributed by atoms with Crippen LogP contribution in [0.5, 0.6) is 0 Å². The molecule has 5 heteroatoms. The van der Waals surface area contributed by atoms with E-state index in [-0.39, 0.29) is 0 Å². The lowest BCUT2D eigenvalue weighted by Crippen LogP contribution is -2.38. The smallest absolute Gasteiger partial charge is 0.314 e.